The Labute approximate surface area is 151 Å². The molecule has 1 heterocycles. The third-order valence-electron chi connectivity index (χ3n) is 4.92. The van der Waals surface area contributed by atoms with Crippen LogP contribution in [0, 0.1) is 24.0 Å². The van der Waals surface area contributed by atoms with Gasteiger partial charge in [0, 0.05) is 40.7 Å². The van der Waals surface area contributed by atoms with Crippen LogP contribution in [0.25, 0.3) is 0 Å². The molecule has 0 saturated heterocycles. The lowest BCUT2D eigenvalue weighted by Crippen LogP contribution is -2.17. The first-order valence-electron chi connectivity index (χ1n) is 8.73. The van der Waals surface area contributed by atoms with Crippen molar-refractivity contribution in [2.75, 3.05) is 0 Å². The highest BCUT2D eigenvalue weighted by Crippen LogP contribution is 2.33. The van der Waals surface area contributed by atoms with Crippen LogP contribution in [0.3, 0.4) is 0 Å². The molecule has 0 radical (unpaired) electrons. The number of nitro benzene ring substituents is 1. The molecule has 3 rings (SSSR count). The number of aryl methyl sites for hydroxylation is 1. The maximum atomic E-state index is 12.1. The molecule has 1 aromatic heterocycles. The summed E-state index contributed by atoms with van der Waals surface area (Å²) in [6, 6.07) is 8.06. The van der Waals surface area contributed by atoms with Crippen LogP contribution in [0.4, 0.5) is 5.69 Å². The molecule has 0 aliphatic heterocycles. The SMILES string of the molecule is Cc1cc(/C=N/NC(=O)c2ccc([N+](=O)[O-])cc2)c(C)n1C1CCCC1. The van der Waals surface area contributed by atoms with E-state index in [1.807, 2.05) is 0 Å². The number of aromatic nitrogens is 1. The number of hydrogen-bond donors (Lipinski definition) is 1. The molecule has 1 aliphatic carbocycles. The van der Waals surface area contributed by atoms with Crippen LogP contribution in [-0.2, 0) is 0 Å². The molecule has 1 aliphatic rings. The fraction of sp³-hybridized carbons (Fsp3) is 0.368. The van der Waals surface area contributed by atoms with E-state index in [1.54, 1.807) is 6.21 Å². The van der Waals surface area contributed by atoms with Crippen molar-refractivity contribution in [2.24, 2.45) is 5.10 Å². The summed E-state index contributed by atoms with van der Waals surface area (Å²) in [7, 11) is 0. The number of nitrogens with zero attached hydrogens (tertiary/aromatic N) is 3. The summed E-state index contributed by atoms with van der Waals surface area (Å²) in [5.41, 5.74) is 6.09. The minimum absolute atomic E-state index is 0.0515. The van der Waals surface area contributed by atoms with E-state index in [0.29, 0.717) is 11.6 Å². The van der Waals surface area contributed by atoms with Crippen LogP contribution in [0.2, 0.25) is 0 Å². The maximum Gasteiger partial charge on any atom is 0.271 e. The number of non-ortho nitro benzene ring substituents is 1. The van der Waals surface area contributed by atoms with E-state index in [-0.39, 0.29) is 5.69 Å². The number of nitro groups is 1. The molecule has 7 nitrogen and oxygen atoms in total. The molecule has 1 saturated carbocycles. The molecule has 2 aromatic rings. The fourth-order valence-corrected chi connectivity index (χ4v) is 3.62. The van der Waals surface area contributed by atoms with Gasteiger partial charge in [-0.25, -0.2) is 5.43 Å². The second-order valence-electron chi connectivity index (χ2n) is 6.64. The zero-order valence-corrected chi connectivity index (χ0v) is 14.9. The van der Waals surface area contributed by atoms with Gasteiger partial charge in [-0.2, -0.15) is 5.10 Å². The van der Waals surface area contributed by atoms with Gasteiger partial charge in [-0.05, 0) is 44.9 Å². The van der Waals surface area contributed by atoms with E-state index in [2.05, 4.69) is 35.0 Å². The Kier molecular flexibility index (Phi) is 5.16. The Balaban J connectivity index is 1.67. The minimum Gasteiger partial charge on any atom is -0.345 e. The van der Waals surface area contributed by atoms with Gasteiger partial charge in [0.2, 0.25) is 0 Å². The summed E-state index contributed by atoms with van der Waals surface area (Å²) in [5, 5.41) is 14.7. The van der Waals surface area contributed by atoms with Crippen molar-refractivity contribution in [3.05, 3.63) is 63.0 Å². The Hall–Kier alpha value is -2.96. The summed E-state index contributed by atoms with van der Waals surface area (Å²) in [4.78, 5) is 22.2. The Morgan fingerprint density at radius 1 is 1.27 bits per heavy atom. The van der Waals surface area contributed by atoms with Gasteiger partial charge in [0.1, 0.15) is 0 Å². The van der Waals surface area contributed by atoms with Crippen LogP contribution >= 0.6 is 0 Å². The van der Waals surface area contributed by atoms with Crippen LogP contribution in [0.5, 0.6) is 0 Å². The zero-order valence-electron chi connectivity index (χ0n) is 14.9. The predicted molar refractivity (Wildman–Crippen MR) is 99.6 cm³/mol. The van der Waals surface area contributed by atoms with Crippen molar-refractivity contribution < 1.29 is 9.72 Å². The first-order valence-corrected chi connectivity index (χ1v) is 8.73. The Bertz CT molecular complexity index is 846. The first-order chi connectivity index (χ1) is 12.5. The van der Waals surface area contributed by atoms with Gasteiger partial charge in [-0.3, -0.25) is 14.9 Å². The van der Waals surface area contributed by atoms with E-state index in [9.17, 15) is 14.9 Å². The quantitative estimate of drug-likeness (QED) is 0.502. The Morgan fingerprint density at radius 3 is 2.54 bits per heavy atom. The van der Waals surface area contributed by atoms with Crippen LogP contribution in [-0.4, -0.2) is 21.6 Å². The number of amides is 1. The number of benzene rings is 1. The largest absolute Gasteiger partial charge is 0.345 e. The fourth-order valence-electron chi connectivity index (χ4n) is 3.62. The number of carbonyl (C=O) groups excluding carboxylic acids is 1. The predicted octanol–water partition coefficient (Wildman–Crippen LogP) is 3.89. The summed E-state index contributed by atoms with van der Waals surface area (Å²) in [5.74, 6) is -0.402. The van der Waals surface area contributed by atoms with Crippen molar-refractivity contribution in [3.63, 3.8) is 0 Å². The average molecular weight is 354 g/mol. The highest BCUT2D eigenvalue weighted by atomic mass is 16.6. The van der Waals surface area contributed by atoms with Gasteiger partial charge in [0.05, 0.1) is 11.1 Å². The molecular weight excluding hydrogens is 332 g/mol. The molecule has 0 atom stereocenters. The number of hydrogen-bond acceptors (Lipinski definition) is 4. The molecule has 0 bridgehead atoms. The van der Waals surface area contributed by atoms with E-state index in [0.717, 1.165) is 11.3 Å². The molecular formula is C19H22N4O3. The van der Waals surface area contributed by atoms with Crippen LogP contribution < -0.4 is 5.43 Å². The third-order valence-corrected chi connectivity index (χ3v) is 4.92. The lowest BCUT2D eigenvalue weighted by Gasteiger charge is -2.17. The molecule has 1 fully saturated rings. The number of nitrogens with one attached hydrogen (secondary N) is 1. The van der Waals surface area contributed by atoms with Crippen LogP contribution in [0.15, 0.2) is 35.4 Å². The Morgan fingerprint density at radius 2 is 1.92 bits per heavy atom. The smallest absolute Gasteiger partial charge is 0.271 e. The molecule has 1 N–H and O–H groups in total. The molecule has 1 amide bonds. The van der Waals surface area contributed by atoms with E-state index in [1.165, 1.54) is 55.6 Å². The highest BCUT2D eigenvalue weighted by molar-refractivity contribution is 5.95. The maximum absolute atomic E-state index is 12.1. The normalized spacial score (nSPS) is 14.8. The molecule has 26 heavy (non-hydrogen) atoms. The van der Waals surface area contributed by atoms with E-state index in [4.69, 9.17) is 0 Å². The summed E-state index contributed by atoms with van der Waals surface area (Å²) in [6.45, 7) is 4.17. The van der Waals surface area contributed by atoms with Gasteiger partial charge >= 0.3 is 0 Å². The summed E-state index contributed by atoms with van der Waals surface area (Å²) in [6.07, 6.45) is 6.62. The van der Waals surface area contributed by atoms with Crippen molar-refractivity contribution in [1.29, 1.82) is 0 Å². The van der Waals surface area contributed by atoms with E-state index >= 15 is 0 Å². The van der Waals surface area contributed by atoms with Gasteiger partial charge in [0.25, 0.3) is 11.6 Å². The van der Waals surface area contributed by atoms with Gasteiger partial charge in [-0.1, -0.05) is 12.8 Å². The molecule has 0 unspecified atom stereocenters. The van der Waals surface area contributed by atoms with Crippen LogP contribution in [0.1, 0.15) is 59.0 Å². The molecule has 0 spiro atoms. The minimum atomic E-state index is -0.500. The zero-order chi connectivity index (χ0) is 18.7. The van der Waals surface area contributed by atoms with Crippen molar-refractivity contribution in [1.82, 2.24) is 9.99 Å². The summed E-state index contributed by atoms with van der Waals surface area (Å²) >= 11 is 0. The second-order valence-corrected chi connectivity index (χ2v) is 6.64. The number of rotatable bonds is 5. The first kappa shape index (κ1) is 17.8. The summed E-state index contributed by atoms with van der Waals surface area (Å²) < 4.78 is 2.37. The van der Waals surface area contributed by atoms with Crippen molar-refractivity contribution in [3.8, 4) is 0 Å². The van der Waals surface area contributed by atoms with Crippen molar-refractivity contribution >= 4 is 17.8 Å². The topological polar surface area (TPSA) is 89.5 Å². The highest BCUT2D eigenvalue weighted by Gasteiger charge is 2.20. The lowest BCUT2D eigenvalue weighted by molar-refractivity contribution is -0.384. The number of hydrazone groups is 1. The second kappa shape index (κ2) is 7.51. The monoisotopic (exact) mass is 354 g/mol. The van der Waals surface area contributed by atoms with Gasteiger partial charge < -0.3 is 4.57 Å². The average Bonchev–Trinajstić information content (AvgIpc) is 3.23. The van der Waals surface area contributed by atoms with Crippen molar-refractivity contribution in [2.45, 2.75) is 45.6 Å². The lowest BCUT2D eigenvalue weighted by atomic mass is 10.2. The standard InChI is InChI=1S/C19H22N4O3/c1-13-11-16(14(2)22(13)17-5-3-4-6-17)12-20-21-19(24)15-7-9-18(10-8-15)23(25)26/h7-12,17H,3-6H2,1-2H3,(H,21,24)/b20-12+. The molecule has 136 valence electrons. The third kappa shape index (κ3) is 3.66. The molecule has 1 aromatic carbocycles. The van der Waals surface area contributed by atoms with Gasteiger partial charge in [0.15, 0.2) is 0 Å². The molecule has 7 heteroatoms. The van der Waals surface area contributed by atoms with Gasteiger partial charge in [-0.15, -0.1) is 0 Å². The number of carbonyl (C=O) groups is 1. The van der Waals surface area contributed by atoms with E-state index < -0.39 is 10.8 Å².